The maximum atomic E-state index is 10.3. The predicted molar refractivity (Wildman–Crippen MR) is 116 cm³/mol. The fourth-order valence-electron chi connectivity index (χ4n) is 2.88. The van der Waals surface area contributed by atoms with E-state index in [0.29, 0.717) is 24.1 Å². The second kappa shape index (κ2) is 9.99. The van der Waals surface area contributed by atoms with Crippen LogP contribution in [0.3, 0.4) is 0 Å². The first kappa shape index (κ1) is 20.8. The fourth-order valence-corrected chi connectivity index (χ4v) is 3.08. The molecule has 1 heterocycles. The summed E-state index contributed by atoms with van der Waals surface area (Å²) < 4.78 is 5.68. The van der Waals surface area contributed by atoms with Gasteiger partial charge in [-0.2, -0.15) is 0 Å². The Hall–Kier alpha value is -1.51. The number of fused-ring (bicyclic) bond motifs is 1. The van der Waals surface area contributed by atoms with Crippen molar-refractivity contribution in [3.05, 3.63) is 64.7 Å². The zero-order chi connectivity index (χ0) is 17.6. The van der Waals surface area contributed by atoms with E-state index in [1.165, 1.54) is 0 Å². The Bertz CT molecular complexity index is 757. The van der Waals surface area contributed by atoms with Crippen LogP contribution in [0.15, 0.2) is 53.5 Å². The smallest absolute Gasteiger partial charge is 0.191 e. The third-order valence-electron chi connectivity index (χ3n) is 4.19. The molecule has 26 heavy (non-hydrogen) atoms. The van der Waals surface area contributed by atoms with Crippen LogP contribution in [0.1, 0.15) is 29.7 Å². The molecule has 0 saturated heterocycles. The first-order valence-electron chi connectivity index (χ1n) is 8.30. The highest BCUT2D eigenvalue weighted by atomic mass is 127. The van der Waals surface area contributed by atoms with Gasteiger partial charge in [0.15, 0.2) is 5.96 Å². The van der Waals surface area contributed by atoms with E-state index in [0.717, 1.165) is 23.3 Å². The van der Waals surface area contributed by atoms with Crippen molar-refractivity contribution in [3.8, 4) is 5.75 Å². The standard InChI is InChI=1S/C19H22ClN3O2.HI/c1-21-19(22-12-17(24)13-5-4-6-14(20)11-13)23-16-9-10-25-18-8-3-2-7-15(16)18;/h2-8,11,16-17,24H,9-10,12H2,1H3,(H2,21,22,23);1H. The van der Waals surface area contributed by atoms with Gasteiger partial charge in [-0.3, -0.25) is 4.99 Å². The largest absolute Gasteiger partial charge is 0.493 e. The molecule has 1 aliphatic rings. The number of ether oxygens (including phenoxy) is 1. The summed E-state index contributed by atoms with van der Waals surface area (Å²) in [4.78, 5) is 4.25. The third kappa shape index (κ3) is 5.25. The first-order chi connectivity index (χ1) is 12.2. The quantitative estimate of drug-likeness (QED) is 0.350. The number of hydrogen-bond acceptors (Lipinski definition) is 3. The summed E-state index contributed by atoms with van der Waals surface area (Å²) >= 11 is 5.98. The number of halogens is 2. The molecule has 3 rings (SSSR count). The lowest BCUT2D eigenvalue weighted by atomic mass is 10.0. The number of aliphatic hydroxyl groups is 1. The Morgan fingerprint density at radius 1 is 1.31 bits per heavy atom. The van der Waals surface area contributed by atoms with Gasteiger partial charge in [0.2, 0.25) is 0 Å². The maximum absolute atomic E-state index is 10.3. The zero-order valence-electron chi connectivity index (χ0n) is 14.5. The van der Waals surface area contributed by atoms with Gasteiger partial charge in [0, 0.05) is 30.6 Å². The van der Waals surface area contributed by atoms with Crippen molar-refractivity contribution in [1.29, 1.82) is 0 Å². The van der Waals surface area contributed by atoms with Crippen molar-refractivity contribution < 1.29 is 9.84 Å². The minimum atomic E-state index is -0.667. The lowest BCUT2D eigenvalue weighted by Crippen LogP contribution is -2.42. The van der Waals surface area contributed by atoms with Crippen LogP contribution in [-0.2, 0) is 0 Å². The van der Waals surface area contributed by atoms with Crippen LogP contribution in [0.4, 0.5) is 0 Å². The Balaban J connectivity index is 0.00000243. The predicted octanol–water partition coefficient (Wildman–Crippen LogP) is 3.68. The summed E-state index contributed by atoms with van der Waals surface area (Å²) in [6, 6.07) is 15.3. The summed E-state index contributed by atoms with van der Waals surface area (Å²) in [6.45, 7) is 1.00. The molecule has 0 radical (unpaired) electrons. The molecule has 0 saturated carbocycles. The molecule has 0 spiro atoms. The van der Waals surface area contributed by atoms with E-state index in [2.05, 4.69) is 21.7 Å². The van der Waals surface area contributed by atoms with Crippen LogP contribution < -0.4 is 15.4 Å². The summed E-state index contributed by atoms with van der Waals surface area (Å²) in [7, 11) is 1.71. The summed E-state index contributed by atoms with van der Waals surface area (Å²) in [5.41, 5.74) is 1.89. The second-order valence-electron chi connectivity index (χ2n) is 5.90. The topological polar surface area (TPSA) is 65.9 Å². The van der Waals surface area contributed by atoms with Crippen LogP contribution >= 0.6 is 35.6 Å². The van der Waals surface area contributed by atoms with Gasteiger partial charge in [-0.1, -0.05) is 41.9 Å². The Labute approximate surface area is 175 Å². The number of nitrogens with zero attached hydrogens (tertiary/aromatic N) is 1. The van der Waals surface area contributed by atoms with Crippen molar-refractivity contribution in [2.24, 2.45) is 4.99 Å². The molecule has 2 aromatic carbocycles. The molecule has 2 aromatic rings. The molecule has 5 nitrogen and oxygen atoms in total. The lowest BCUT2D eigenvalue weighted by molar-refractivity contribution is 0.180. The zero-order valence-corrected chi connectivity index (χ0v) is 17.6. The third-order valence-corrected chi connectivity index (χ3v) is 4.42. The highest BCUT2D eigenvalue weighted by Crippen LogP contribution is 2.31. The highest BCUT2D eigenvalue weighted by molar-refractivity contribution is 14.0. The maximum Gasteiger partial charge on any atom is 0.191 e. The minimum absolute atomic E-state index is 0. The van der Waals surface area contributed by atoms with Crippen molar-refractivity contribution in [1.82, 2.24) is 10.6 Å². The Morgan fingerprint density at radius 2 is 2.12 bits per heavy atom. The monoisotopic (exact) mass is 487 g/mol. The van der Waals surface area contributed by atoms with E-state index in [9.17, 15) is 5.11 Å². The van der Waals surface area contributed by atoms with Crippen molar-refractivity contribution in [3.63, 3.8) is 0 Å². The van der Waals surface area contributed by atoms with E-state index in [1.54, 1.807) is 19.2 Å². The Morgan fingerprint density at radius 3 is 2.88 bits per heavy atom. The van der Waals surface area contributed by atoms with E-state index in [1.807, 2.05) is 30.3 Å². The van der Waals surface area contributed by atoms with Crippen molar-refractivity contribution in [2.75, 3.05) is 20.2 Å². The number of guanidine groups is 1. The van der Waals surface area contributed by atoms with E-state index in [4.69, 9.17) is 16.3 Å². The van der Waals surface area contributed by atoms with E-state index < -0.39 is 6.10 Å². The van der Waals surface area contributed by atoms with Gasteiger partial charge < -0.3 is 20.5 Å². The summed E-state index contributed by atoms with van der Waals surface area (Å²) in [6.07, 6.45) is 0.188. The number of aliphatic imine (C=N–C) groups is 1. The van der Waals surface area contributed by atoms with Crippen LogP contribution in [0.5, 0.6) is 5.75 Å². The average molecular weight is 488 g/mol. The molecular formula is C19H23ClIN3O2. The number of benzene rings is 2. The molecule has 0 bridgehead atoms. The number of nitrogens with one attached hydrogen (secondary N) is 2. The molecule has 0 amide bonds. The molecule has 0 fully saturated rings. The number of para-hydroxylation sites is 1. The highest BCUT2D eigenvalue weighted by Gasteiger charge is 2.22. The number of rotatable bonds is 4. The molecule has 0 aromatic heterocycles. The van der Waals surface area contributed by atoms with Gasteiger partial charge >= 0.3 is 0 Å². The molecule has 7 heteroatoms. The minimum Gasteiger partial charge on any atom is -0.493 e. The number of aliphatic hydroxyl groups excluding tert-OH is 1. The van der Waals surface area contributed by atoms with Crippen molar-refractivity contribution in [2.45, 2.75) is 18.6 Å². The molecular weight excluding hydrogens is 465 g/mol. The van der Waals surface area contributed by atoms with Crippen LogP contribution in [0.25, 0.3) is 0 Å². The van der Waals surface area contributed by atoms with Crippen LogP contribution in [-0.4, -0.2) is 31.3 Å². The SMILES string of the molecule is CN=C(NCC(O)c1cccc(Cl)c1)NC1CCOc2ccccc21.I. The van der Waals surface area contributed by atoms with Gasteiger partial charge in [0.1, 0.15) is 5.75 Å². The fraction of sp³-hybridized carbons (Fsp3) is 0.316. The van der Waals surface area contributed by atoms with E-state index in [-0.39, 0.29) is 30.0 Å². The summed E-state index contributed by atoms with van der Waals surface area (Å²) in [5.74, 6) is 1.54. The number of hydrogen-bond donors (Lipinski definition) is 3. The van der Waals surface area contributed by atoms with Crippen molar-refractivity contribution >= 4 is 41.5 Å². The normalized spacial score (nSPS) is 17.3. The second-order valence-corrected chi connectivity index (χ2v) is 6.33. The molecule has 140 valence electrons. The van der Waals surface area contributed by atoms with Gasteiger partial charge in [-0.05, 0) is 23.8 Å². The van der Waals surface area contributed by atoms with Gasteiger partial charge in [0.05, 0.1) is 18.8 Å². The molecule has 2 atom stereocenters. The lowest BCUT2D eigenvalue weighted by Gasteiger charge is -2.28. The Kier molecular flexibility index (Phi) is 7.99. The average Bonchev–Trinajstić information content (AvgIpc) is 2.65. The molecule has 2 unspecified atom stereocenters. The van der Waals surface area contributed by atoms with Gasteiger partial charge in [-0.25, -0.2) is 0 Å². The molecule has 3 N–H and O–H groups in total. The molecule has 0 aliphatic carbocycles. The van der Waals surface area contributed by atoms with E-state index >= 15 is 0 Å². The first-order valence-corrected chi connectivity index (χ1v) is 8.67. The van der Waals surface area contributed by atoms with Gasteiger partial charge in [-0.15, -0.1) is 24.0 Å². The summed E-state index contributed by atoms with van der Waals surface area (Å²) in [5, 5.41) is 17.5. The van der Waals surface area contributed by atoms with Crippen LogP contribution in [0.2, 0.25) is 5.02 Å². The van der Waals surface area contributed by atoms with Gasteiger partial charge in [0.25, 0.3) is 0 Å². The molecule has 1 aliphatic heterocycles. The van der Waals surface area contributed by atoms with Crippen LogP contribution in [0, 0.1) is 0 Å².